The number of carboxylic acid groups (broad SMARTS) is 1. The fourth-order valence-electron chi connectivity index (χ4n) is 1.02. The number of rotatable bonds is 4. The average molecular weight is 288 g/mol. The quantitative estimate of drug-likeness (QED) is 0.837. The van der Waals surface area contributed by atoms with Crippen molar-refractivity contribution in [1.82, 2.24) is 0 Å². The molecule has 0 saturated heterocycles. The first kappa shape index (κ1) is 12.7. The Bertz CT molecular complexity index is 432. The summed E-state index contributed by atoms with van der Waals surface area (Å²) in [7, 11) is 0. The van der Waals surface area contributed by atoms with Crippen LogP contribution in [0.15, 0.2) is 34.3 Å². The van der Waals surface area contributed by atoms with Gasteiger partial charge in [0, 0.05) is 17.8 Å². The highest BCUT2D eigenvalue weighted by atomic mass is 79.9. The number of halogens is 2. The van der Waals surface area contributed by atoms with Crippen LogP contribution in [0, 0.1) is 5.82 Å². The van der Waals surface area contributed by atoms with Gasteiger partial charge in [0.25, 0.3) is 0 Å². The Labute approximate surface area is 101 Å². The van der Waals surface area contributed by atoms with Crippen molar-refractivity contribution in [2.75, 3.05) is 11.9 Å². The predicted octanol–water partition coefficient (Wildman–Crippen LogP) is 3.03. The monoisotopic (exact) mass is 287 g/mol. The molecule has 0 unspecified atom stereocenters. The van der Waals surface area contributed by atoms with E-state index in [1.54, 1.807) is 18.2 Å². The van der Waals surface area contributed by atoms with Crippen molar-refractivity contribution in [3.8, 4) is 0 Å². The maximum atomic E-state index is 12.9. The van der Waals surface area contributed by atoms with E-state index >= 15 is 0 Å². The molecule has 16 heavy (non-hydrogen) atoms. The SMILES string of the molecule is C/C(=C/CNc1ccc(F)c(Br)c1)C(=O)O. The van der Waals surface area contributed by atoms with Crippen molar-refractivity contribution in [1.29, 1.82) is 0 Å². The lowest BCUT2D eigenvalue weighted by Gasteiger charge is -2.04. The van der Waals surface area contributed by atoms with Crippen molar-refractivity contribution >= 4 is 27.6 Å². The van der Waals surface area contributed by atoms with E-state index in [0.29, 0.717) is 11.0 Å². The molecule has 1 rings (SSSR count). The second-order valence-corrected chi connectivity index (χ2v) is 4.06. The third-order valence-electron chi connectivity index (χ3n) is 1.97. The summed E-state index contributed by atoms with van der Waals surface area (Å²) >= 11 is 3.07. The number of carbonyl (C=O) groups is 1. The van der Waals surface area contributed by atoms with Crippen molar-refractivity contribution in [2.24, 2.45) is 0 Å². The van der Waals surface area contributed by atoms with E-state index < -0.39 is 5.97 Å². The smallest absolute Gasteiger partial charge is 0.331 e. The Balaban J connectivity index is 2.59. The minimum atomic E-state index is -0.943. The van der Waals surface area contributed by atoms with Crippen molar-refractivity contribution < 1.29 is 14.3 Å². The number of nitrogens with one attached hydrogen (secondary N) is 1. The van der Waals surface area contributed by atoms with Gasteiger partial charge in [0.2, 0.25) is 0 Å². The van der Waals surface area contributed by atoms with Crippen LogP contribution in [-0.4, -0.2) is 17.6 Å². The summed E-state index contributed by atoms with van der Waals surface area (Å²) in [4.78, 5) is 10.5. The summed E-state index contributed by atoms with van der Waals surface area (Å²) < 4.78 is 13.3. The molecule has 2 N–H and O–H groups in total. The summed E-state index contributed by atoms with van der Waals surface area (Å²) in [6, 6.07) is 4.52. The number of anilines is 1. The first-order valence-electron chi connectivity index (χ1n) is 4.59. The third kappa shape index (κ3) is 3.66. The Morgan fingerprint density at radius 1 is 1.62 bits per heavy atom. The number of hydrogen-bond donors (Lipinski definition) is 2. The van der Waals surface area contributed by atoms with E-state index in [9.17, 15) is 9.18 Å². The highest BCUT2D eigenvalue weighted by molar-refractivity contribution is 9.10. The van der Waals surface area contributed by atoms with Crippen LogP contribution in [0.25, 0.3) is 0 Å². The molecular formula is C11H11BrFNO2. The fraction of sp³-hybridized carbons (Fsp3) is 0.182. The standard InChI is InChI=1S/C11H11BrFNO2/c1-7(11(15)16)4-5-14-8-2-3-10(13)9(12)6-8/h2-4,6,14H,5H2,1H3,(H,15,16)/b7-4-. The second kappa shape index (κ2) is 5.65. The maximum Gasteiger partial charge on any atom is 0.331 e. The lowest BCUT2D eigenvalue weighted by Crippen LogP contribution is -2.03. The summed E-state index contributed by atoms with van der Waals surface area (Å²) in [6.45, 7) is 1.90. The van der Waals surface area contributed by atoms with E-state index in [-0.39, 0.29) is 11.4 Å². The maximum absolute atomic E-state index is 12.9. The van der Waals surface area contributed by atoms with E-state index in [0.717, 1.165) is 5.69 Å². The zero-order valence-electron chi connectivity index (χ0n) is 8.63. The summed E-state index contributed by atoms with van der Waals surface area (Å²) in [5.41, 5.74) is 0.997. The van der Waals surface area contributed by atoms with Crippen molar-refractivity contribution in [3.05, 3.63) is 40.1 Å². The van der Waals surface area contributed by atoms with Crippen LogP contribution in [0.4, 0.5) is 10.1 Å². The van der Waals surface area contributed by atoms with Gasteiger partial charge in [-0.1, -0.05) is 6.08 Å². The summed E-state index contributed by atoms with van der Waals surface area (Å²) in [5.74, 6) is -1.27. The highest BCUT2D eigenvalue weighted by Gasteiger charge is 2.00. The van der Waals surface area contributed by atoms with Gasteiger partial charge in [-0.2, -0.15) is 0 Å². The van der Waals surface area contributed by atoms with Gasteiger partial charge in [0.15, 0.2) is 0 Å². The Morgan fingerprint density at radius 3 is 2.88 bits per heavy atom. The van der Waals surface area contributed by atoms with Gasteiger partial charge in [-0.15, -0.1) is 0 Å². The van der Waals surface area contributed by atoms with Crippen LogP contribution in [0.2, 0.25) is 0 Å². The first-order chi connectivity index (χ1) is 7.50. The highest BCUT2D eigenvalue weighted by Crippen LogP contribution is 2.19. The number of benzene rings is 1. The minimum Gasteiger partial charge on any atom is -0.478 e. The zero-order valence-corrected chi connectivity index (χ0v) is 10.2. The van der Waals surface area contributed by atoms with Crippen LogP contribution < -0.4 is 5.32 Å². The van der Waals surface area contributed by atoms with Crippen LogP contribution in [0.5, 0.6) is 0 Å². The molecule has 5 heteroatoms. The van der Waals surface area contributed by atoms with Crippen LogP contribution in [-0.2, 0) is 4.79 Å². The Kier molecular flexibility index (Phi) is 4.49. The molecule has 0 aliphatic rings. The normalized spacial score (nSPS) is 11.3. The molecule has 0 saturated carbocycles. The Hall–Kier alpha value is -1.36. The molecule has 0 atom stereocenters. The Morgan fingerprint density at radius 2 is 2.31 bits per heavy atom. The van der Waals surface area contributed by atoms with Gasteiger partial charge in [0.1, 0.15) is 5.82 Å². The van der Waals surface area contributed by atoms with Gasteiger partial charge in [-0.05, 0) is 41.1 Å². The predicted molar refractivity (Wildman–Crippen MR) is 64.0 cm³/mol. The minimum absolute atomic E-state index is 0.272. The van der Waals surface area contributed by atoms with Crippen molar-refractivity contribution in [2.45, 2.75) is 6.92 Å². The van der Waals surface area contributed by atoms with E-state index in [1.165, 1.54) is 13.0 Å². The summed E-state index contributed by atoms with van der Waals surface area (Å²) in [6.07, 6.45) is 1.56. The third-order valence-corrected chi connectivity index (χ3v) is 2.58. The molecule has 0 aliphatic heterocycles. The fourth-order valence-corrected chi connectivity index (χ4v) is 1.39. The molecule has 0 heterocycles. The molecule has 0 bridgehead atoms. The second-order valence-electron chi connectivity index (χ2n) is 3.20. The van der Waals surface area contributed by atoms with Crippen LogP contribution >= 0.6 is 15.9 Å². The molecule has 3 nitrogen and oxygen atoms in total. The van der Waals surface area contributed by atoms with Crippen molar-refractivity contribution in [3.63, 3.8) is 0 Å². The number of carboxylic acids is 1. The molecule has 1 aromatic carbocycles. The molecule has 0 amide bonds. The molecular weight excluding hydrogens is 277 g/mol. The van der Waals surface area contributed by atoms with Gasteiger partial charge in [-0.3, -0.25) is 0 Å². The molecule has 0 fully saturated rings. The summed E-state index contributed by atoms with van der Waals surface area (Å²) in [5, 5.41) is 11.6. The number of hydrogen-bond acceptors (Lipinski definition) is 2. The van der Waals surface area contributed by atoms with E-state index in [1.807, 2.05) is 0 Å². The lowest BCUT2D eigenvalue weighted by atomic mass is 10.2. The molecule has 0 aliphatic carbocycles. The number of aliphatic carboxylic acids is 1. The van der Waals surface area contributed by atoms with Gasteiger partial charge >= 0.3 is 5.97 Å². The zero-order chi connectivity index (χ0) is 12.1. The lowest BCUT2D eigenvalue weighted by molar-refractivity contribution is -0.132. The molecule has 86 valence electrons. The van der Waals surface area contributed by atoms with Gasteiger partial charge in [-0.25, -0.2) is 9.18 Å². The molecule has 0 aromatic heterocycles. The molecule has 0 radical (unpaired) electrons. The van der Waals surface area contributed by atoms with Gasteiger partial charge in [0.05, 0.1) is 4.47 Å². The topological polar surface area (TPSA) is 49.3 Å². The average Bonchev–Trinajstić information content (AvgIpc) is 2.23. The molecule has 1 aromatic rings. The van der Waals surface area contributed by atoms with E-state index in [4.69, 9.17) is 5.11 Å². The first-order valence-corrected chi connectivity index (χ1v) is 5.39. The largest absolute Gasteiger partial charge is 0.478 e. The van der Waals surface area contributed by atoms with Crippen LogP contribution in [0.3, 0.4) is 0 Å². The van der Waals surface area contributed by atoms with Gasteiger partial charge < -0.3 is 10.4 Å². The van der Waals surface area contributed by atoms with Crippen LogP contribution in [0.1, 0.15) is 6.92 Å². The van der Waals surface area contributed by atoms with E-state index in [2.05, 4.69) is 21.2 Å². The molecule has 0 spiro atoms.